The minimum absolute atomic E-state index is 0.0333. The van der Waals surface area contributed by atoms with Gasteiger partial charge in [-0.3, -0.25) is 10.1 Å². The molecule has 1 unspecified atom stereocenters. The van der Waals surface area contributed by atoms with E-state index < -0.39 is 21.0 Å². The van der Waals surface area contributed by atoms with Crippen molar-refractivity contribution in [3.05, 3.63) is 69.8 Å². The lowest BCUT2D eigenvalue weighted by Crippen LogP contribution is -2.43. The SMILES string of the molecule is NCC1c2ccccc2CCN1S(=O)(=O)c1ccc([N+](=O)[O-])cc1. The first kappa shape index (κ1) is 16.6. The van der Waals surface area contributed by atoms with Gasteiger partial charge in [0, 0.05) is 25.2 Å². The van der Waals surface area contributed by atoms with Gasteiger partial charge < -0.3 is 5.73 Å². The van der Waals surface area contributed by atoms with E-state index in [1.165, 1.54) is 28.6 Å². The molecule has 7 nitrogen and oxygen atoms in total. The first-order chi connectivity index (χ1) is 11.4. The van der Waals surface area contributed by atoms with E-state index in [9.17, 15) is 18.5 Å². The topological polar surface area (TPSA) is 107 Å². The van der Waals surface area contributed by atoms with Crippen LogP contribution in [0.3, 0.4) is 0 Å². The Bertz CT molecular complexity index is 865. The highest BCUT2D eigenvalue weighted by molar-refractivity contribution is 7.89. The van der Waals surface area contributed by atoms with E-state index in [1.54, 1.807) is 0 Å². The molecule has 1 aliphatic heterocycles. The van der Waals surface area contributed by atoms with Crippen LogP contribution in [0.4, 0.5) is 5.69 Å². The van der Waals surface area contributed by atoms with Crippen molar-refractivity contribution in [2.75, 3.05) is 13.1 Å². The minimum Gasteiger partial charge on any atom is -0.329 e. The Labute approximate surface area is 139 Å². The molecule has 2 N–H and O–H groups in total. The van der Waals surface area contributed by atoms with Gasteiger partial charge in [-0.2, -0.15) is 4.31 Å². The zero-order valence-electron chi connectivity index (χ0n) is 12.8. The molecule has 0 aromatic heterocycles. The predicted octanol–water partition coefficient (Wildman–Crippen LogP) is 1.84. The van der Waals surface area contributed by atoms with E-state index in [2.05, 4.69) is 0 Å². The Morgan fingerprint density at radius 3 is 2.46 bits per heavy atom. The number of nitrogens with zero attached hydrogens (tertiary/aromatic N) is 2. The fourth-order valence-corrected chi connectivity index (χ4v) is 4.65. The summed E-state index contributed by atoms with van der Waals surface area (Å²) in [4.78, 5) is 10.2. The predicted molar refractivity (Wildman–Crippen MR) is 88.9 cm³/mol. The third kappa shape index (κ3) is 2.79. The minimum atomic E-state index is -3.78. The van der Waals surface area contributed by atoms with Crippen molar-refractivity contribution in [3.63, 3.8) is 0 Å². The molecule has 126 valence electrons. The molecule has 0 saturated heterocycles. The number of sulfonamides is 1. The molecule has 1 aliphatic rings. The second-order valence-corrected chi connectivity index (χ2v) is 7.46. The highest BCUT2D eigenvalue weighted by Crippen LogP contribution is 2.33. The summed E-state index contributed by atoms with van der Waals surface area (Å²) in [5.41, 5.74) is 7.72. The van der Waals surface area contributed by atoms with Crippen LogP contribution < -0.4 is 5.73 Å². The molecule has 24 heavy (non-hydrogen) atoms. The lowest BCUT2D eigenvalue weighted by Gasteiger charge is -2.35. The maximum atomic E-state index is 12.9. The molecule has 8 heteroatoms. The van der Waals surface area contributed by atoms with Gasteiger partial charge in [0.1, 0.15) is 0 Å². The molecule has 2 aromatic carbocycles. The maximum Gasteiger partial charge on any atom is 0.269 e. The van der Waals surface area contributed by atoms with Gasteiger partial charge in [-0.05, 0) is 29.7 Å². The number of hydrogen-bond acceptors (Lipinski definition) is 5. The summed E-state index contributed by atoms with van der Waals surface area (Å²) in [6.45, 7) is 0.501. The number of non-ortho nitro benzene ring substituents is 1. The van der Waals surface area contributed by atoms with Crippen molar-refractivity contribution in [2.24, 2.45) is 5.73 Å². The molecule has 0 saturated carbocycles. The summed E-state index contributed by atoms with van der Waals surface area (Å²) < 4.78 is 27.3. The number of benzene rings is 2. The summed E-state index contributed by atoms with van der Waals surface area (Å²) in [6, 6.07) is 12.2. The number of nitrogens with two attached hydrogens (primary N) is 1. The summed E-state index contributed by atoms with van der Waals surface area (Å²) in [7, 11) is -3.78. The quantitative estimate of drug-likeness (QED) is 0.671. The van der Waals surface area contributed by atoms with E-state index in [0.717, 1.165) is 11.1 Å². The smallest absolute Gasteiger partial charge is 0.269 e. The van der Waals surface area contributed by atoms with Gasteiger partial charge in [-0.15, -0.1) is 0 Å². The van der Waals surface area contributed by atoms with Crippen LogP contribution in [0.1, 0.15) is 17.2 Å². The second-order valence-electron chi connectivity index (χ2n) is 5.57. The molecular weight excluding hydrogens is 330 g/mol. The summed E-state index contributed by atoms with van der Waals surface area (Å²) in [6.07, 6.45) is 0.610. The highest BCUT2D eigenvalue weighted by atomic mass is 32.2. The number of hydrogen-bond donors (Lipinski definition) is 1. The van der Waals surface area contributed by atoms with E-state index >= 15 is 0 Å². The Morgan fingerprint density at radius 1 is 1.17 bits per heavy atom. The molecule has 0 radical (unpaired) electrons. The van der Waals surface area contributed by atoms with Crippen molar-refractivity contribution in [1.82, 2.24) is 4.31 Å². The number of nitro benzene ring substituents is 1. The third-order valence-electron chi connectivity index (χ3n) is 4.24. The first-order valence-corrected chi connectivity index (χ1v) is 8.93. The van der Waals surface area contributed by atoms with Gasteiger partial charge in [-0.25, -0.2) is 8.42 Å². The normalized spacial score (nSPS) is 18.1. The Hall–Kier alpha value is -2.29. The molecule has 0 fully saturated rings. The van der Waals surface area contributed by atoms with Crippen LogP contribution in [0.2, 0.25) is 0 Å². The van der Waals surface area contributed by atoms with Crippen LogP contribution >= 0.6 is 0 Å². The lowest BCUT2D eigenvalue weighted by atomic mass is 9.94. The fourth-order valence-electron chi connectivity index (χ4n) is 3.04. The molecule has 3 rings (SSSR count). The second kappa shape index (κ2) is 6.31. The summed E-state index contributed by atoms with van der Waals surface area (Å²) in [5.74, 6) is 0. The average molecular weight is 347 g/mol. The van der Waals surface area contributed by atoms with Crippen LogP contribution in [-0.4, -0.2) is 30.7 Å². The largest absolute Gasteiger partial charge is 0.329 e. The van der Waals surface area contributed by atoms with Gasteiger partial charge in [0.25, 0.3) is 5.69 Å². The van der Waals surface area contributed by atoms with E-state index in [-0.39, 0.29) is 17.1 Å². The van der Waals surface area contributed by atoms with E-state index in [0.29, 0.717) is 13.0 Å². The van der Waals surface area contributed by atoms with Crippen LogP contribution in [-0.2, 0) is 16.4 Å². The zero-order valence-corrected chi connectivity index (χ0v) is 13.6. The van der Waals surface area contributed by atoms with E-state index in [1.807, 2.05) is 24.3 Å². The van der Waals surface area contributed by atoms with Crippen LogP contribution in [0.5, 0.6) is 0 Å². The van der Waals surface area contributed by atoms with Gasteiger partial charge in [0.2, 0.25) is 10.0 Å². The average Bonchev–Trinajstić information content (AvgIpc) is 2.60. The molecule has 1 heterocycles. The van der Waals surface area contributed by atoms with Gasteiger partial charge in [-0.1, -0.05) is 24.3 Å². The van der Waals surface area contributed by atoms with Crippen molar-refractivity contribution in [3.8, 4) is 0 Å². The highest BCUT2D eigenvalue weighted by Gasteiger charge is 2.35. The summed E-state index contributed by atoms with van der Waals surface area (Å²) in [5, 5.41) is 10.7. The molecule has 2 aromatic rings. The number of fused-ring (bicyclic) bond motifs is 1. The molecular formula is C16H17N3O4S. The molecule has 1 atom stereocenters. The Balaban J connectivity index is 1.99. The lowest BCUT2D eigenvalue weighted by molar-refractivity contribution is -0.384. The van der Waals surface area contributed by atoms with E-state index in [4.69, 9.17) is 5.73 Å². The van der Waals surface area contributed by atoms with Crippen molar-refractivity contribution in [2.45, 2.75) is 17.4 Å². The van der Waals surface area contributed by atoms with Gasteiger partial charge in [0.05, 0.1) is 15.9 Å². The van der Waals surface area contributed by atoms with Crippen molar-refractivity contribution in [1.29, 1.82) is 0 Å². The van der Waals surface area contributed by atoms with Crippen molar-refractivity contribution >= 4 is 15.7 Å². The van der Waals surface area contributed by atoms with Crippen molar-refractivity contribution < 1.29 is 13.3 Å². The van der Waals surface area contributed by atoms with Crippen LogP contribution in [0.25, 0.3) is 0 Å². The Kier molecular flexibility index (Phi) is 4.35. The number of nitro groups is 1. The number of rotatable bonds is 4. The van der Waals surface area contributed by atoms with Gasteiger partial charge in [0.15, 0.2) is 0 Å². The van der Waals surface area contributed by atoms with Crippen LogP contribution in [0, 0.1) is 10.1 Å². The first-order valence-electron chi connectivity index (χ1n) is 7.49. The third-order valence-corrected chi connectivity index (χ3v) is 6.16. The fraction of sp³-hybridized carbons (Fsp3) is 0.250. The summed E-state index contributed by atoms with van der Waals surface area (Å²) >= 11 is 0. The Morgan fingerprint density at radius 2 is 1.83 bits per heavy atom. The maximum absolute atomic E-state index is 12.9. The molecule has 0 spiro atoms. The monoisotopic (exact) mass is 347 g/mol. The van der Waals surface area contributed by atoms with Crippen LogP contribution in [0.15, 0.2) is 53.4 Å². The molecule has 0 bridgehead atoms. The standard InChI is InChI=1S/C16H17N3O4S/c17-11-16-15-4-2-1-3-12(15)9-10-18(16)24(22,23)14-7-5-13(6-8-14)19(20)21/h1-8,16H,9-11,17H2. The zero-order chi connectivity index (χ0) is 17.3. The molecule has 0 amide bonds. The van der Waals surface area contributed by atoms with Gasteiger partial charge >= 0.3 is 0 Å². The molecule has 0 aliphatic carbocycles.